The lowest BCUT2D eigenvalue weighted by Crippen LogP contribution is -2.06. The Morgan fingerprint density at radius 2 is 1.68 bits per heavy atom. The van der Waals surface area contributed by atoms with Gasteiger partial charge in [-0.05, 0) is 24.3 Å². The first-order valence-electron chi connectivity index (χ1n) is 7.76. The highest BCUT2D eigenvalue weighted by molar-refractivity contribution is 5.80. The zero-order valence-corrected chi connectivity index (χ0v) is 12.9. The van der Waals surface area contributed by atoms with Gasteiger partial charge in [-0.2, -0.15) is 0 Å². The molecule has 0 saturated heterocycles. The van der Waals surface area contributed by atoms with Crippen LogP contribution in [0.2, 0.25) is 0 Å². The van der Waals surface area contributed by atoms with Crippen LogP contribution >= 0.6 is 0 Å². The normalized spacial score (nSPS) is 13.7. The van der Waals surface area contributed by atoms with Gasteiger partial charge in [-0.1, -0.05) is 77.7 Å². The van der Waals surface area contributed by atoms with Crippen LogP contribution in [0.4, 0.5) is 0 Å². The Labute approximate surface area is 120 Å². The second-order valence-corrected chi connectivity index (χ2v) is 5.05. The summed E-state index contributed by atoms with van der Waals surface area (Å²) in [5.74, 6) is 0.624. The molecule has 0 N–H and O–H groups in total. The summed E-state index contributed by atoms with van der Waals surface area (Å²) in [7, 11) is 0. The Bertz CT molecular complexity index is 286. The van der Waals surface area contributed by atoms with Crippen LogP contribution in [0.5, 0.6) is 0 Å². The molecule has 0 fully saturated rings. The minimum Gasteiger partial charge on any atom is -0.265 e. The fraction of sp³-hybridized carbons (Fsp3) is 0.611. The van der Waals surface area contributed by atoms with Crippen molar-refractivity contribution >= 4 is 6.21 Å². The van der Waals surface area contributed by atoms with E-state index in [9.17, 15) is 0 Å². The summed E-state index contributed by atoms with van der Waals surface area (Å²) in [4.78, 5) is 4.19. The number of unbranched alkanes of at least 4 members (excludes halogenated alkanes) is 4. The lowest BCUT2D eigenvalue weighted by atomic mass is 9.88. The van der Waals surface area contributed by atoms with Gasteiger partial charge in [-0.15, -0.1) is 0 Å². The topological polar surface area (TPSA) is 12.4 Å². The summed E-state index contributed by atoms with van der Waals surface area (Å²) in [5, 5.41) is 0. The molecule has 108 valence electrons. The fourth-order valence-electron chi connectivity index (χ4n) is 2.31. The van der Waals surface area contributed by atoms with Crippen LogP contribution < -0.4 is 0 Å². The van der Waals surface area contributed by atoms with Crippen LogP contribution in [-0.4, -0.2) is 6.21 Å². The predicted molar refractivity (Wildman–Crippen MR) is 88.7 cm³/mol. The molecule has 0 aliphatic heterocycles. The number of hydrogen-bond donors (Lipinski definition) is 0. The molecule has 0 amide bonds. The van der Waals surface area contributed by atoms with Gasteiger partial charge in [0.2, 0.25) is 0 Å². The van der Waals surface area contributed by atoms with E-state index >= 15 is 0 Å². The minimum absolute atomic E-state index is 0.624. The molecule has 0 heterocycles. The summed E-state index contributed by atoms with van der Waals surface area (Å²) in [6.07, 6.45) is 17.9. The van der Waals surface area contributed by atoms with Crippen molar-refractivity contribution in [1.29, 1.82) is 0 Å². The lowest BCUT2D eigenvalue weighted by molar-refractivity contribution is 0.475. The van der Waals surface area contributed by atoms with Crippen LogP contribution in [0.25, 0.3) is 0 Å². The molecule has 19 heavy (non-hydrogen) atoms. The van der Waals surface area contributed by atoms with E-state index in [2.05, 4.69) is 38.1 Å². The molecule has 0 aromatic carbocycles. The number of rotatable bonds is 12. The molecule has 0 spiro atoms. The summed E-state index contributed by atoms with van der Waals surface area (Å²) in [5.41, 5.74) is 1.31. The van der Waals surface area contributed by atoms with Crippen LogP contribution in [0.15, 0.2) is 42.1 Å². The summed E-state index contributed by atoms with van der Waals surface area (Å²) in [6, 6.07) is 0. The highest BCUT2D eigenvalue weighted by Crippen LogP contribution is 2.24. The van der Waals surface area contributed by atoms with Gasteiger partial charge >= 0.3 is 0 Å². The predicted octanol–water partition coefficient (Wildman–Crippen LogP) is 6.09. The van der Waals surface area contributed by atoms with Gasteiger partial charge in [0.15, 0.2) is 0 Å². The average Bonchev–Trinajstić information content (AvgIpc) is 2.43. The molecule has 0 aliphatic rings. The van der Waals surface area contributed by atoms with Crippen LogP contribution in [0, 0.1) is 5.92 Å². The fourth-order valence-corrected chi connectivity index (χ4v) is 2.31. The van der Waals surface area contributed by atoms with Crippen LogP contribution in [0.3, 0.4) is 0 Å². The van der Waals surface area contributed by atoms with E-state index in [0.29, 0.717) is 5.92 Å². The summed E-state index contributed by atoms with van der Waals surface area (Å²) in [6.45, 7) is 12.0. The van der Waals surface area contributed by atoms with E-state index in [-0.39, 0.29) is 0 Å². The maximum absolute atomic E-state index is 4.19. The van der Waals surface area contributed by atoms with Crippen molar-refractivity contribution in [3.8, 4) is 0 Å². The van der Waals surface area contributed by atoms with Gasteiger partial charge in [0.05, 0.1) is 0 Å². The Morgan fingerprint density at radius 3 is 2.26 bits per heavy atom. The van der Waals surface area contributed by atoms with Gasteiger partial charge in [0, 0.05) is 12.4 Å². The standard InChI is InChI=1S/C18H31N/c1-5-9-11-12-15-17(14-10-6-2)18(13-7-3)16-19-8-4/h7-8,13,16-17H,3-6,9-12,14-15H2,1-2H3/b18-13+,19-16?. The van der Waals surface area contributed by atoms with E-state index in [1.54, 1.807) is 6.20 Å². The van der Waals surface area contributed by atoms with E-state index in [1.807, 2.05) is 12.3 Å². The molecular formula is C18H31N. The molecule has 0 aromatic heterocycles. The first-order chi connectivity index (χ1) is 9.29. The van der Waals surface area contributed by atoms with E-state index in [1.165, 1.54) is 56.9 Å². The Hall–Kier alpha value is -1.11. The second-order valence-electron chi connectivity index (χ2n) is 5.05. The third-order valence-corrected chi connectivity index (χ3v) is 3.42. The van der Waals surface area contributed by atoms with Gasteiger partial charge in [-0.25, -0.2) is 0 Å². The molecule has 1 heteroatoms. The van der Waals surface area contributed by atoms with Gasteiger partial charge in [-0.3, -0.25) is 4.99 Å². The first kappa shape index (κ1) is 17.9. The number of nitrogens with zero attached hydrogens (tertiary/aromatic N) is 1. The minimum atomic E-state index is 0.624. The number of hydrogen-bond acceptors (Lipinski definition) is 1. The van der Waals surface area contributed by atoms with Crippen molar-refractivity contribution in [1.82, 2.24) is 0 Å². The maximum Gasteiger partial charge on any atom is 0.0302 e. The van der Waals surface area contributed by atoms with Gasteiger partial charge in [0.1, 0.15) is 0 Å². The molecule has 0 aliphatic carbocycles. The highest BCUT2D eigenvalue weighted by Gasteiger charge is 2.11. The monoisotopic (exact) mass is 261 g/mol. The van der Waals surface area contributed by atoms with Gasteiger partial charge < -0.3 is 0 Å². The van der Waals surface area contributed by atoms with Crippen LogP contribution in [0.1, 0.15) is 65.2 Å². The summed E-state index contributed by atoms with van der Waals surface area (Å²) >= 11 is 0. The van der Waals surface area contributed by atoms with Crippen molar-refractivity contribution < 1.29 is 0 Å². The average molecular weight is 261 g/mol. The Balaban J connectivity index is 4.56. The van der Waals surface area contributed by atoms with Crippen molar-refractivity contribution in [3.63, 3.8) is 0 Å². The molecule has 0 aromatic rings. The SMILES string of the molecule is C=C/C=C(\C=NC=C)C(CCCC)CCCCCC. The second kappa shape index (κ2) is 13.3. The van der Waals surface area contributed by atoms with E-state index in [4.69, 9.17) is 0 Å². The zero-order chi connectivity index (χ0) is 14.3. The lowest BCUT2D eigenvalue weighted by Gasteiger charge is -2.17. The first-order valence-corrected chi connectivity index (χ1v) is 7.76. The quantitative estimate of drug-likeness (QED) is 0.229. The molecular weight excluding hydrogens is 230 g/mol. The third-order valence-electron chi connectivity index (χ3n) is 3.42. The van der Waals surface area contributed by atoms with Crippen molar-refractivity contribution in [2.45, 2.75) is 65.2 Å². The zero-order valence-electron chi connectivity index (χ0n) is 12.9. The molecule has 0 saturated carbocycles. The number of allylic oxidation sites excluding steroid dienone is 3. The smallest absolute Gasteiger partial charge is 0.0302 e. The molecule has 0 rings (SSSR count). The van der Waals surface area contributed by atoms with E-state index in [0.717, 1.165) is 0 Å². The number of aliphatic imine (C=N–C) groups is 1. The molecule has 1 unspecified atom stereocenters. The van der Waals surface area contributed by atoms with Crippen molar-refractivity contribution in [3.05, 3.63) is 37.1 Å². The highest BCUT2D eigenvalue weighted by atomic mass is 14.7. The van der Waals surface area contributed by atoms with Crippen molar-refractivity contribution in [2.75, 3.05) is 0 Å². The van der Waals surface area contributed by atoms with E-state index < -0.39 is 0 Å². The van der Waals surface area contributed by atoms with Gasteiger partial charge in [0.25, 0.3) is 0 Å². The summed E-state index contributed by atoms with van der Waals surface area (Å²) < 4.78 is 0. The van der Waals surface area contributed by atoms with Crippen molar-refractivity contribution in [2.24, 2.45) is 10.9 Å². The molecule has 0 bridgehead atoms. The largest absolute Gasteiger partial charge is 0.265 e. The maximum atomic E-state index is 4.19. The third kappa shape index (κ3) is 9.47. The van der Waals surface area contributed by atoms with Crippen LogP contribution in [-0.2, 0) is 0 Å². The Kier molecular flexibility index (Phi) is 12.5. The molecule has 0 radical (unpaired) electrons. The molecule has 1 nitrogen and oxygen atoms in total. The Morgan fingerprint density at radius 1 is 1.00 bits per heavy atom. The molecule has 1 atom stereocenters.